The lowest BCUT2D eigenvalue weighted by Crippen LogP contribution is -2.57. The molecule has 1 saturated heterocycles. The molecule has 7 atom stereocenters. The van der Waals surface area contributed by atoms with E-state index < -0.39 is 41.4 Å². The maximum atomic E-state index is 14.0. The third kappa shape index (κ3) is 3.92. The average Bonchev–Trinajstić information content (AvgIpc) is 3.68. The number of amides is 3. The highest BCUT2D eigenvalue weighted by molar-refractivity contribution is 6.31. The SMILES string of the molecule is O=C(c1ccc(Cl)cc1)[C@H](CCCl)N(C(=O)c1ccc(Cl)cc1)N1C(=O)[C@@H]2[C@H]3C=C[C@@H]([C@@H]4C[C@@H]34)[C@@H]2C1=O. The van der Waals surface area contributed by atoms with Gasteiger partial charge in [0.15, 0.2) is 5.78 Å². The second kappa shape index (κ2) is 9.26. The van der Waals surface area contributed by atoms with Crippen LogP contribution in [0.1, 0.15) is 33.6 Å². The molecule has 4 aliphatic carbocycles. The van der Waals surface area contributed by atoms with E-state index in [0.717, 1.165) is 16.4 Å². The maximum absolute atomic E-state index is 14.0. The molecule has 1 heterocycles. The summed E-state index contributed by atoms with van der Waals surface area (Å²) in [6.45, 7) is 0. The van der Waals surface area contributed by atoms with Crippen LogP contribution in [0.5, 0.6) is 0 Å². The number of allylic oxidation sites excluding steroid dienone is 2. The summed E-state index contributed by atoms with van der Waals surface area (Å²) in [6, 6.07) is 11.2. The molecule has 2 aromatic rings. The second-order valence-corrected chi connectivity index (χ2v) is 11.4. The normalized spacial score (nSPS) is 29.6. The standard InChI is InChI=1S/C28H23Cl3N2O4/c29-12-11-22(25(34)14-1-5-16(30)6-2-14)32(26(35)15-3-7-17(31)8-4-15)33-27(36)23-18-9-10-19(21-13-20(18)21)24(23)28(33)37/h1-10,18-24H,11-13H2/t18-,19-,20-,21-,22-,23-,24+/m0/s1. The largest absolute Gasteiger partial charge is 0.292 e. The summed E-state index contributed by atoms with van der Waals surface area (Å²) in [5.41, 5.74) is 0.500. The minimum absolute atomic E-state index is 0.0209. The first kappa shape index (κ1) is 24.7. The number of hydrazine groups is 1. The average molecular weight is 558 g/mol. The Kier molecular flexibility index (Phi) is 6.17. The molecule has 2 saturated carbocycles. The molecule has 0 unspecified atom stereocenters. The second-order valence-electron chi connectivity index (χ2n) is 10.2. The molecule has 0 aromatic heterocycles. The highest BCUT2D eigenvalue weighted by Crippen LogP contribution is 2.65. The zero-order valence-electron chi connectivity index (χ0n) is 19.6. The molecule has 3 amide bonds. The smallest absolute Gasteiger partial charge is 0.273 e. The summed E-state index contributed by atoms with van der Waals surface area (Å²) in [4.78, 5) is 55.7. The van der Waals surface area contributed by atoms with Crippen LogP contribution in [-0.4, -0.2) is 45.4 Å². The number of rotatable bonds is 7. The molecule has 37 heavy (non-hydrogen) atoms. The molecule has 7 rings (SSSR count). The van der Waals surface area contributed by atoms with Crippen LogP contribution in [0, 0.1) is 35.5 Å². The van der Waals surface area contributed by atoms with E-state index in [1.807, 2.05) is 0 Å². The Morgan fingerprint density at radius 2 is 1.32 bits per heavy atom. The van der Waals surface area contributed by atoms with Gasteiger partial charge in [-0.3, -0.25) is 19.2 Å². The predicted molar refractivity (Wildman–Crippen MR) is 139 cm³/mol. The maximum Gasteiger partial charge on any atom is 0.273 e. The van der Waals surface area contributed by atoms with Gasteiger partial charge >= 0.3 is 0 Å². The minimum Gasteiger partial charge on any atom is -0.292 e. The Labute approximate surface area is 229 Å². The number of carbonyl (C=O) groups is 4. The van der Waals surface area contributed by atoms with Gasteiger partial charge in [0.1, 0.15) is 6.04 Å². The number of Topliss-reactive ketones (excluding diaryl/α,β-unsaturated/α-hetero) is 1. The van der Waals surface area contributed by atoms with E-state index in [1.165, 1.54) is 12.1 Å². The van der Waals surface area contributed by atoms with Gasteiger partial charge in [0.05, 0.1) is 11.8 Å². The molecule has 0 N–H and O–H groups in total. The first-order valence-corrected chi connectivity index (χ1v) is 13.6. The van der Waals surface area contributed by atoms with Crippen molar-refractivity contribution in [1.29, 1.82) is 0 Å². The van der Waals surface area contributed by atoms with E-state index in [1.54, 1.807) is 36.4 Å². The van der Waals surface area contributed by atoms with Gasteiger partial charge in [-0.05, 0) is 85.0 Å². The lowest BCUT2D eigenvalue weighted by Gasteiger charge is -2.37. The van der Waals surface area contributed by atoms with E-state index in [9.17, 15) is 19.2 Å². The number of alkyl halides is 1. The summed E-state index contributed by atoms with van der Waals surface area (Å²) < 4.78 is 0. The predicted octanol–water partition coefficient (Wildman–Crippen LogP) is 5.28. The first-order chi connectivity index (χ1) is 17.8. The summed E-state index contributed by atoms with van der Waals surface area (Å²) in [7, 11) is 0. The van der Waals surface area contributed by atoms with Gasteiger partial charge in [0.2, 0.25) is 0 Å². The van der Waals surface area contributed by atoms with Gasteiger partial charge in [0.25, 0.3) is 17.7 Å². The topological polar surface area (TPSA) is 74.8 Å². The van der Waals surface area contributed by atoms with Crippen molar-refractivity contribution in [2.24, 2.45) is 35.5 Å². The molecular formula is C28H23Cl3N2O4. The lowest BCUT2D eigenvalue weighted by atomic mass is 9.63. The molecule has 2 aromatic carbocycles. The fourth-order valence-corrected chi connectivity index (χ4v) is 6.98. The van der Waals surface area contributed by atoms with E-state index in [2.05, 4.69) is 12.2 Å². The van der Waals surface area contributed by atoms with Crippen molar-refractivity contribution in [2.75, 3.05) is 5.88 Å². The van der Waals surface area contributed by atoms with Gasteiger partial charge in [0, 0.05) is 27.1 Å². The number of nitrogens with zero attached hydrogens (tertiary/aromatic N) is 2. The summed E-state index contributed by atoms with van der Waals surface area (Å²) in [5.74, 6) is -2.16. The fourth-order valence-electron chi connectivity index (χ4n) is 6.52. The summed E-state index contributed by atoms with van der Waals surface area (Å²) in [5, 5.41) is 2.89. The lowest BCUT2D eigenvalue weighted by molar-refractivity contribution is -0.157. The van der Waals surface area contributed by atoms with Crippen LogP contribution in [0.15, 0.2) is 60.7 Å². The van der Waals surface area contributed by atoms with Crippen LogP contribution in [0.3, 0.4) is 0 Å². The number of halogens is 3. The van der Waals surface area contributed by atoms with Crippen LogP contribution in [0.4, 0.5) is 0 Å². The van der Waals surface area contributed by atoms with Crippen molar-refractivity contribution >= 4 is 58.3 Å². The molecular weight excluding hydrogens is 535 g/mol. The minimum atomic E-state index is -1.17. The zero-order valence-corrected chi connectivity index (χ0v) is 21.9. The molecule has 9 heteroatoms. The monoisotopic (exact) mass is 556 g/mol. The zero-order chi connectivity index (χ0) is 26.0. The Balaban J connectivity index is 1.43. The van der Waals surface area contributed by atoms with Gasteiger partial charge in [-0.1, -0.05) is 35.4 Å². The molecule has 6 nitrogen and oxygen atoms in total. The number of carbonyl (C=O) groups excluding carboxylic acids is 4. The molecule has 5 aliphatic rings. The number of benzene rings is 2. The molecule has 0 radical (unpaired) electrons. The molecule has 0 spiro atoms. The third-order valence-corrected chi connectivity index (χ3v) is 8.99. The van der Waals surface area contributed by atoms with Crippen molar-refractivity contribution in [3.05, 3.63) is 81.9 Å². The van der Waals surface area contributed by atoms with Gasteiger partial charge < -0.3 is 0 Å². The highest BCUT2D eigenvalue weighted by Gasteiger charge is 2.68. The van der Waals surface area contributed by atoms with Gasteiger partial charge in [-0.15, -0.1) is 11.6 Å². The van der Waals surface area contributed by atoms with Crippen LogP contribution in [0.25, 0.3) is 0 Å². The Morgan fingerprint density at radius 1 is 0.838 bits per heavy atom. The summed E-state index contributed by atoms with van der Waals surface area (Å²) in [6.07, 6.45) is 5.20. The van der Waals surface area contributed by atoms with Crippen LogP contribution < -0.4 is 0 Å². The Morgan fingerprint density at radius 3 is 1.81 bits per heavy atom. The quantitative estimate of drug-likeness (QED) is 0.201. The number of hydrogen-bond donors (Lipinski definition) is 0. The third-order valence-electron chi connectivity index (χ3n) is 8.26. The highest BCUT2D eigenvalue weighted by atomic mass is 35.5. The molecule has 3 fully saturated rings. The number of ketones is 1. The van der Waals surface area contributed by atoms with E-state index in [4.69, 9.17) is 34.8 Å². The van der Waals surface area contributed by atoms with Crippen LogP contribution in [-0.2, 0) is 9.59 Å². The summed E-state index contributed by atoms with van der Waals surface area (Å²) >= 11 is 18.2. The van der Waals surface area contributed by atoms with E-state index >= 15 is 0 Å². The van der Waals surface area contributed by atoms with Gasteiger partial charge in [-0.25, -0.2) is 5.01 Å². The van der Waals surface area contributed by atoms with E-state index in [-0.39, 0.29) is 29.7 Å². The van der Waals surface area contributed by atoms with Crippen molar-refractivity contribution in [2.45, 2.75) is 18.9 Å². The van der Waals surface area contributed by atoms with Crippen molar-refractivity contribution in [1.82, 2.24) is 10.0 Å². The van der Waals surface area contributed by atoms with Crippen molar-refractivity contribution in [3.63, 3.8) is 0 Å². The Hall–Kier alpha value is -2.67. The number of imide groups is 1. The van der Waals surface area contributed by atoms with Crippen LogP contribution >= 0.6 is 34.8 Å². The first-order valence-electron chi connectivity index (χ1n) is 12.3. The Bertz CT molecular complexity index is 1290. The van der Waals surface area contributed by atoms with E-state index in [0.29, 0.717) is 27.4 Å². The van der Waals surface area contributed by atoms with Gasteiger partial charge in [-0.2, -0.15) is 5.01 Å². The molecule has 2 bridgehead atoms. The van der Waals surface area contributed by atoms with Crippen molar-refractivity contribution < 1.29 is 19.2 Å². The molecule has 1 aliphatic heterocycles. The van der Waals surface area contributed by atoms with Crippen molar-refractivity contribution in [3.8, 4) is 0 Å². The molecule has 190 valence electrons. The fraction of sp³-hybridized carbons (Fsp3) is 0.357. The van der Waals surface area contributed by atoms with Crippen LogP contribution in [0.2, 0.25) is 10.0 Å². The number of hydrogen-bond acceptors (Lipinski definition) is 4.